The van der Waals surface area contributed by atoms with E-state index in [9.17, 15) is 31.9 Å². The maximum Gasteiger partial charge on any atom is 0.315 e. The van der Waals surface area contributed by atoms with Gasteiger partial charge in [0.05, 0.1) is 22.2 Å². The van der Waals surface area contributed by atoms with Crippen LogP contribution in [0.25, 0.3) is 0 Å². The van der Waals surface area contributed by atoms with Crippen molar-refractivity contribution in [3.63, 3.8) is 0 Å². The van der Waals surface area contributed by atoms with E-state index in [4.69, 9.17) is 34.8 Å². The van der Waals surface area contributed by atoms with Gasteiger partial charge >= 0.3 is 6.43 Å². The molecule has 0 saturated heterocycles. The third kappa shape index (κ3) is 5.51. The SMILES string of the molecule is Cc1cc(NC(=O)[C@H]2CC2(Cl)Cl)cc(C(=O)Nc2ccc(F)c(NC(=O)C(F)F)c2F)c1Cl. The molecule has 1 aliphatic carbocycles. The Morgan fingerprint density at radius 2 is 1.73 bits per heavy atom. The maximum atomic E-state index is 14.6. The van der Waals surface area contributed by atoms with Crippen molar-refractivity contribution in [2.75, 3.05) is 16.0 Å². The molecule has 33 heavy (non-hydrogen) atoms. The third-order valence-corrected chi connectivity index (χ3v) is 6.03. The van der Waals surface area contributed by atoms with Gasteiger partial charge in [-0.05, 0) is 43.2 Å². The fourth-order valence-corrected chi connectivity index (χ4v) is 3.57. The van der Waals surface area contributed by atoms with Crippen LogP contribution in [0, 0.1) is 24.5 Å². The molecule has 3 N–H and O–H groups in total. The summed E-state index contributed by atoms with van der Waals surface area (Å²) in [5, 5.41) is 6.09. The van der Waals surface area contributed by atoms with Crippen LogP contribution in [-0.4, -0.2) is 28.5 Å². The van der Waals surface area contributed by atoms with Crippen LogP contribution in [-0.2, 0) is 9.59 Å². The number of hydrogen-bond acceptors (Lipinski definition) is 3. The van der Waals surface area contributed by atoms with E-state index in [1.165, 1.54) is 17.4 Å². The summed E-state index contributed by atoms with van der Waals surface area (Å²) in [5.41, 5.74) is -1.36. The molecule has 3 rings (SSSR count). The predicted molar refractivity (Wildman–Crippen MR) is 116 cm³/mol. The predicted octanol–water partition coefficient (Wildman–Crippen LogP) is 5.51. The molecule has 0 radical (unpaired) electrons. The van der Waals surface area contributed by atoms with E-state index < -0.39 is 57.4 Å². The highest BCUT2D eigenvalue weighted by Crippen LogP contribution is 2.53. The minimum atomic E-state index is -3.51. The topological polar surface area (TPSA) is 87.3 Å². The molecule has 2 aromatic rings. The van der Waals surface area contributed by atoms with Gasteiger partial charge in [-0.3, -0.25) is 14.4 Å². The number of amides is 3. The van der Waals surface area contributed by atoms with Crippen molar-refractivity contribution in [1.29, 1.82) is 0 Å². The van der Waals surface area contributed by atoms with E-state index >= 15 is 0 Å². The standard InChI is InChI=1S/C20H14Cl3F4N3O3/c1-7-4-8(28-18(32)10-6-20(10,22)23)5-9(13(7)21)17(31)29-12-3-2-11(24)15(14(12)25)30-19(33)16(26)27/h2-5,10,16H,6H2,1H3,(H,28,32)(H,29,31)(H,30,33)/t10-/m1/s1. The molecule has 0 spiro atoms. The number of rotatable bonds is 6. The molecule has 6 nitrogen and oxygen atoms in total. The third-order valence-electron chi connectivity index (χ3n) is 4.69. The molecule has 0 bridgehead atoms. The minimum Gasteiger partial charge on any atom is -0.326 e. The summed E-state index contributed by atoms with van der Waals surface area (Å²) < 4.78 is 52.1. The highest BCUT2D eigenvalue weighted by atomic mass is 35.5. The number of halogens is 7. The number of carbonyl (C=O) groups is 3. The molecule has 0 heterocycles. The van der Waals surface area contributed by atoms with E-state index in [-0.39, 0.29) is 22.7 Å². The first-order valence-corrected chi connectivity index (χ1v) is 10.3. The van der Waals surface area contributed by atoms with Gasteiger partial charge in [-0.2, -0.15) is 8.78 Å². The highest BCUT2D eigenvalue weighted by molar-refractivity contribution is 6.52. The van der Waals surface area contributed by atoms with Crippen molar-refractivity contribution in [2.24, 2.45) is 5.92 Å². The summed E-state index contributed by atoms with van der Waals surface area (Å²) in [7, 11) is 0. The molecular formula is C20H14Cl3F4N3O3. The van der Waals surface area contributed by atoms with Crippen LogP contribution >= 0.6 is 34.8 Å². The number of benzene rings is 2. The monoisotopic (exact) mass is 525 g/mol. The quantitative estimate of drug-likeness (QED) is 0.342. The van der Waals surface area contributed by atoms with Crippen molar-refractivity contribution < 1.29 is 31.9 Å². The fourth-order valence-electron chi connectivity index (χ4n) is 2.87. The first-order valence-electron chi connectivity index (χ1n) is 9.19. The normalized spacial score (nSPS) is 16.3. The van der Waals surface area contributed by atoms with Crippen LogP contribution in [0.5, 0.6) is 0 Å². The Balaban J connectivity index is 1.85. The number of carbonyl (C=O) groups excluding carboxylic acids is 3. The zero-order valence-electron chi connectivity index (χ0n) is 16.5. The van der Waals surface area contributed by atoms with Gasteiger partial charge in [0, 0.05) is 5.69 Å². The van der Waals surface area contributed by atoms with Gasteiger partial charge < -0.3 is 16.0 Å². The van der Waals surface area contributed by atoms with Crippen LogP contribution < -0.4 is 16.0 Å². The van der Waals surface area contributed by atoms with Gasteiger partial charge in [-0.15, -0.1) is 23.2 Å². The van der Waals surface area contributed by atoms with E-state index in [2.05, 4.69) is 10.6 Å². The number of hydrogen-bond donors (Lipinski definition) is 3. The number of alkyl halides is 4. The average molecular weight is 527 g/mol. The molecule has 1 atom stereocenters. The van der Waals surface area contributed by atoms with E-state index in [0.717, 1.165) is 6.07 Å². The molecule has 2 aromatic carbocycles. The van der Waals surface area contributed by atoms with Gasteiger partial charge in [0.25, 0.3) is 11.8 Å². The van der Waals surface area contributed by atoms with Crippen LogP contribution in [0.3, 0.4) is 0 Å². The summed E-state index contributed by atoms with van der Waals surface area (Å²) in [4.78, 5) is 36.1. The Kier molecular flexibility index (Phi) is 7.11. The van der Waals surface area contributed by atoms with Crippen molar-refractivity contribution >= 4 is 69.6 Å². The van der Waals surface area contributed by atoms with Crippen LogP contribution in [0.15, 0.2) is 24.3 Å². The van der Waals surface area contributed by atoms with E-state index in [1.54, 1.807) is 6.92 Å². The highest BCUT2D eigenvalue weighted by Gasteiger charge is 2.56. The van der Waals surface area contributed by atoms with Crippen LogP contribution in [0.2, 0.25) is 5.02 Å². The largest absolute Gasteiger partial charge is 0.326 e. The second kappa shape index (κ2) is 9.36. The molecule has 1 aliphatic rings. The Morgan fingerprint density at radius 1 is 1.09 bits per heavy atom. The Labute approximate surface area is 199 Å². The maximum absolute atomic E-state index is 14.6. The summed E-state index contributed by atoms with van der Waals surface area (Å²) in [6.07, 6.45) is -3.25. The second-order valence-corrected chi connectivity index (χ2v) is 9.11. The van der Waals surface area contributed by atoms with Gasteiger partial charge in [0.2, 0.25) is 5.91 Å². The van der Waals surface area contributed by atoms with Crippen molar-refractivity contribution in [2.45, 2.75) is 24.1 Å². The number of nitrogens with one attached hydrogen (secondary N) is 3. The Morgan fingerprint density at radius 3 is 2.30 bits per heavy atom. The lowest BCUT2D eigenvalue weighted by Gasteiger charge is -2.14. The summed E-state index contributed by atoms with van der Waals surface area (Å²) in [6.45, 7) is 1.55. The molecule has 3 amide bonds. The average Bonchev–Trinajstić information content (AvgIpc) is 3.37. The van der Waals surface area contributed by atoms with Crippen LogP contribution in [0.1, 0.15) is 22.3 Å². The summed E-state index contributed by atoms with van der Waals surface area (Å²) in [5.74, 6) is -6.80. The fraction of sp³-hybridized carbons (Fsp3) is 0.250. The van der Waals surface area contributed by atoms with Gasteiger partial charge in [-0.25, -0.2) is 8.78 Å². The first-order chi connectivity index (χ1) is 15.3. The van der Waals surface area contributed by atoms with Gasteiger partial charge in [0.1, 0.15) is 15.8 Å². The zero-order chi connectivity index (χ0) is 24.7. The molecule has 0 aromatic heterocycles. The van der Waals surface area contributed by atoms with E-state index in [0.29, 0.717) is 11.6 Å². The molecule has 1 fully saturated rings. The lowest BCUT2D eigenvalue weighted by Crippen LogP contribution is -2.22. The van der Waals surface area contributed by atoms with Crippen LogP contribution in [0.4, 0.5) is 34.6 Å². The molecule has 176 valence electrons. The number of anilines is 3. The number of aryl methyl sites for hydroxylation is 1. The summed E-state index contributed by atoms with van der Waals surface area (Å²) >= 11 is 17.9. The van der Waals surface area contributed by atoms with Gasteiger partial charge in [-0.1, -0.05) is 11.6 Å². The van der Waals surface area contributed by atoms with Crippen molar-refractivity contribution in [3.8, 4) is 0 Å². The Bertz CT molecular complexity index is 1160. The Hall–Kier alpha value is -2.56. The lowest BCUT2D eigenvalue weighted by atomic mass is 10.1. The van der Waals surface area contributed by atoms with Gasteiger partial charge in [0.15, 0.2) is 5.82 Å². The minimum absolute atomic E-state index is 0.0188. The second-order valence-electron chi connectivity index (χ2n) is 7.19. The van der Waals surface area contributed by atoms with Crippen molar-refractivity contribution in [3.05, 3.63) is 52.0 Å². The van der Waals surface area contributed by atoms with Crippen molar-refractivity contribution in [1.82, 2.24) is 0 Å². The molecular weight excluding hydrogens is 513 g/mol. The smallest absolute Gasteiger partial charge is 0.315 e. The molecule has 1 saturated carbocycles. The lowest BCUT2D eigenvalue weighted by molar-refractivity contribution is -0.126. The van der Waals surface area contributed by atoms with E-state index in [1.807, 2.05) is 0 Å². The first kappa shape index (κ1) is 25.1. The summed E-state index contributed by atoms with van der Waals surface area (Å²) in [6, 6.07) is 4.21. The molecule has 13 heteroatoms. The zero-order valence-corrected chi connectivity index (χ0v) is 18.8. The molecule has 0 unspecified atom stereocenters. The molecule has 0 aliphatic heterocycles.